The Labute approximate surface area is 217 Å². The first-order valence-electron chi connectivity index (χ1n) is 11.9. The van der Waals surface area contributed by atoms with Crippen molar-refractivity contribution in [3.05, 3.63) is 24.0 Å². The van der Waals surface area contributed by atoms with Crippen LogP contribution in [0.1, 0.15) is 25.1 Å². The van der Waals surface area contributed by atoms with E-state index in [2.05, 4.69) is 15.0 Å². The smallest absolute Gasteiger partial charge is 0.296 e. The fraction of sp³-hybridized carbons (Fsp3) is 0.522. The van der Waals surface area contributed by atoms with Crippen molar-refractivity contribution < 1.29 is 23.0 Å². The highest BCUT2D eigenvalue weighted by Crippen LogP contribution is 2.33. The Morgan fingerprint density at radius 1 is 1.16 bits per heavy atom. The summed E-state index contributed by atoms with van der Waals surface area (Å²) >= 11 is 5.80. The standard InChI is InChI=1S/C23H27ClF2N8O3/c1-31(17(35)13-24)16-7-4-8-33(16)22-28-21(32-9-11-37-12-10-32)29-23(30-22)34-14-5-3-6-15(36-2)18(14)27-20(34)19(25)26/h3,5-6,16,19H,4,7-13H2,1-2H3/t16-/m0/s1. The molecule has 2 aliphatic heterocycles. The Morgan fingerprint density at radius 2 is 1.89 bits per heavy atom. The summed E-state index contributed by atoms with van der Waals surface area (Å²) in [6.07, 6.45) is -1.73. The minimum atomic E-state index is -2.89. The molecule has 1 atom stereocenters. The number of fused-ring (bicyclic) bond motifs is 1. The van der Waals surface area contributed by atoms with Crippen molar-refractivity contribution >= 4 is 40.4 Å². The minimum Gasteiger partial charge on any atom is -0.494 e. The second-order valence-electron chi connectivity index (χ2n) is 8.72. The Kier molecular flexibility index (Phi) is 7.24. The number of imidazole rings is 1. The summed E-state index contributed by atoms with van der Waals surface area (Å²) in [5.74, 6) is 0.114. The monoisotopic (exact) mass is 536 g/mol. The fourth-order valence-corrected chi connectivity index (χ4v) is 4.92. The van der Waals surface area contributed by atoms with Crippen molar-refractivity contribution in [3.8, 4) is 11.7 Å². The molecule has 2 saturated heterocycles. The van der Waals surface area contributed by atoms with Gasteiger partial charge in [-0.05, 0) is 25.0 Å². The Morgan fingerprint density at radius 3 is 2.59 bits per heavy atom. The summed E-state index contributed by atoms with van der Waals surface area (Å²) < 4.78 is 40.6. The van der Waals surface area contributed by atoms with E-state index in [4.69, 9.17) is 26.1 Å². The summed E-state index contributed by atoms with van der Waals surface area (Å²) in [5, 5.41) is 0. The van der Waals surface area contributed by atoms with Crippen molar-refractivity contribution in [2.24, 2.45) is 0 Å². The van der Waals surface area contributed by atoms with Crippen LogP contribution < -0.4 is 14.5 Å². The third-order valence-electron chi connectivity index (χ3n) is 6.62. The lowest BCUT2D eigenvalue weighted by Gasteiger charge is -2.33. The van der Waals surface area contributed by atoms with E-state index in [-0.39, 0.29) is 35.4 Å². The molecular weight excluding hydrogens is 510 g/mol. The molecule has 0 aliphatic carbocycles. The van der Waals surface area contributed by atoms with E-state index in [0.717, 1.165) is 6.42 Å². The molecule has 1 aromatic carbocycles. The number of morpholine rings is 1. The zero-order valence-corrected chi connectivity index (χ0v) is 21.2. The molecule has 0 bridgehead atoms. The number of amides is 1. The molecule has 4 heterocycles. The number of ether oxygens (including phenoxy) is 2. The highest BCUT2D eigenvalue weighted by Gasteiger charge is 2.34. The molecule has 2 fully saturated rings. The van der Waals surface area contributed by atoms with Crippen molar-refractivity contribution in [1.82, 2.24) is 29.4 Å². The van der Waals surface area contributed by atoms with Gasteiger partial charge in [-0.15, -0.1) is 11.6 Å². The third-order valence-corrected chi connectivity index (χ3v) is 6.84. The first-order chi connectivity index (χ1) is 17.9. The quantitative estimate of drug-likeness (QED) is 0.422. The number of carbonyl (C=O) groups excluding carboxylic acids is 1. The van der Waals surface area contributed by atoms with E-state index in [1.54, 1.807) is 30.1 Å². The largest absolute Gasteiger partial charge is 0.494 e. The molecule has 2 aromatic heterocycles. The maximum atomic E-state index is 14.3. The van der Waals surface area contributed by atoms with Crippen LogP contribution in [0.15, 0.2) is 18.2 Å². The SMILES string of the molecule is COc1cccc2c1nc(C(F)F)n2-c1nc(N2CCOCC2)nc(N2CCC[C@H]2N(C)C(=O)CCl)n1. The maximum Gasteiger partial charge on any atom is 0.296 e. The van der Waals surface area contributed by atoms with Gasteiger partial charge in [-0.25, -0.2) is 13.8 Å². The number of alkyl halides is 3. The molecule has 37 heavy (non-hydrogen) atoms. The van der Waals surface area contributed by atoms with Gasteiger partial charge in [0.15, 0.2) is 5.82 Å². The molecule has 0 N–H and O–H groups in total. The summed E-state index contributed by atoms with van der Waals surface area (Å²) in [6, 6.07) is 5.02. The number of anilines is 2. The van der Waals surface area contributed by atoms with Gasteiger partial charge in [0, 0.05) is 26.7 Å². The number of benzene rings is 1. The lowest BCUT2D eigenvalue weighted by Crippen LogP contribution is -2.47. The predicted octanol–water partition coefficient (Wildman–Crippen LogP) is 2.62. The van der Waals surface area contributed by atoms with Crippen LogP contribution >= 0.6 is 11.6 Å². The Bertz CT molecular complexity index is 1290. The first-order valence-corrected chi connectivity index (χ1v) is 12.5. The number of nitrogens with zero attached hydrogens (tertiary/aromatic N) is 8. The lowest BCUT2D eigenvalue weighted by molar-refractivity contribution is -0.129. The molecular formula is C23H27ClF2N8O3. The number of hydrogen-bond acceptors (Lipinski definition) is 9. The van der Waals surface area contributed by atoms with Crippen LogP contribution in [0.3, 0.4) is 0 Å². The van der Waals surface area contributed by atoms with Gasteiger partial charge in [0.25, 0.3) is 6.43 Å². The maximum absolute atomic E-state index is 14.3. The number of halogens is 3. The van der Waals surface area contributed by atoms with Crippen molar-refractivity contribution in [2.45, 2.75) is 25.4 Å². The molecule has 3 aromatic rings. The topological polar surface area (TPSA) is 102 Å². The van der Waals surface area contributed by atoms with Gasteiger partial charge in [-0.2, -0.15) is 15.0 Å². The van der Waals surface area contributed by atoms with Crippen LogP contribution in [0, 0.1) is 0 Å². The zero-order chi connectivity index (χ0) is 26.1. The highest BCUT2D eigenvalue weighted by molar-refractivity contribution is 6.27. The molecule has 2 aliphatic rings. The fourth-order valence-electron chi connectivity index (χ4n) is 4.73. The van der Waals surface area contributed by atoms with E-state index < -0.39 is 12.2 Å². The Hall–Kier alpha value is -3.32. The van der Waals surface area contributed by atoms with E-state index in [9.17, 15) is 13.6 Å². The van der Waals surface area contributed by atoms with Crippen LogP contribution in [0.25, 0.3) is 17.0 Å². The number of carbonyl (C=O) groups is 1. The summed E-state index contributed by atoms with van der Waals surface area (Å²) in [7, 11) is 3.14. The van der Waals surface area contributed by atoms with E-state index in [1.165, 1.54) is 11.7 Å². The molecule has 0 radical (unpaired) electrons. The second-order valence-corrected chi connectivity index (χ2v) is 8.99. The summed E-state index contributed by atoms with van der Waals surface area (Å²) in [4.78, 5) is 35.9. The molecule has 0 unspecified atom stereocenters. The molecule has 1 amide bonds. The van der Waals surface area contributed by atoms with Crippen LogP contribution in [0.2, 0.25) is 0 Å². The van der Waals surface area contributed by atoms with Gasteiger partial charge in [0.1, 0.15) is 23.3 Å². The van der Waals surface area contributed by atoms with Crippen molar-refractivity contribution in [3.63, 3.8) is 0 Å². The summed E-state index contributed by atoms with van der Waals surface area (Å²) in [6.45, 7) is 2.64. The van der Waals surface area contributed by atoms with Crippen LogP contribution in [-0.2, 0) is 9.53 Å². The van der Waals surface area contributed by atoms with Gasteiger partial charge in [-0.3, -0.25) is 9.36 Å². The average Bonchev–Trinajstić information content (AvgIpc) is 3.58. The predicted molar refractivity (Wildman–Crippen MR) is 133 cm³/mol. The normalized spacial score (nSPS) is 18.2. The zero-order valence-electron chi connectivity index (χ0n) is 20.5. The van der Waals surface area contributed by atoms with Crippen molar-refractivity contribution in [1.29, 1.82) is 0 Å². The first kappa shape index (κ1) is 25.3. The molecule has 0 spiro atoms. The highest BCUT2D eigenvalue weighted by atomic mass is 35.5. The van der Waals surface area contributed by atoms with Crippen molar-refractivity contribution in [2.75, 3.05) is 62.7 Å². The van der Waals surface area contributed by atoms with Gasteiger partial charge in [0.2, 0.25) is 23.8 Å². The molecule has 14 heteroatoms. The van der Waals surface area contributed by atoms with Gasteiger partial charge in [0.05, 0.1) is 25.8 Å². The van der Waals surface area contributed by atoms with Gasteiger partial charge >= 0.3 is 0 Å². The minimum absolute atomic E-state index is 0.00881. The van der Waals surface area contributed by atoms with Gasteiger partial charge in [-0.1, -0.05) is 6.07 Å². The van der Waals surface area contributed by atoms with E-state index in [1.807, 2.05) is 9.80 Å². The number of hydrogen-bond donors (Lipinski definition) is 0. The van der Waals surface area contributed by atoms with E-state index in [0.29, 0.717) is 56.5 Å². The molecule has 198 valence electrons. The molecule has 5 rings (SSSR count). The van der Waals surface area contributed by atoms with Crippen LogP contribution in [-0.4, -0.2) is 94.4 Å². The van der Waals surface area contributed by atoms with Crippen LogP contribution in [0.5, 0.6) is 5.75 Å². The molecule has 11 nitrogen and oxygen atoms in total. The van der Waals surface area contributed by atoms with E-state index >= 15 is 0 Å². The lowest BCUT2D eigenvalue weighted by atomic mass is 10.3. The summed E-state index contributed by atoms with van der Waals surface area (Å²) in [5.41, 5.74) is 0.661. The van der Waals surface area contributed by atoms with Crippen LogP contribution in [0.4, 0.5) is 20.7 Å². The third kappa shape index (κ3) is 4.73. The average molecular weight is 537 g/mol. The number of rotatable bonds is 7. The number of methoxy groups -OCH3 is 1. The second kappa shape index (κ2) is 10.6. The molecule has 0 saturated carbocycles. The number of para-hydroxylation sites is 1. The number of aromatic nitrogens is 5. The Balaban J connectivity index is 1.68. The van der Waals surface area contributed by atoms with Gasteiger partial charge < -0.3 is 24.2 Å².